The van der Waals surface area contributed by atoms with E-state index in [2.05, 4.69) is 16.6 Å². The molecule has 0 aliphatic carbocycles. The second-order valence-electron chi connectivity index (χ2n) is 3.19. The van der Waals surface area contributed by atoms with Gasteiger partial charge in [0, 0.05) is 12.0 Å². The molecular weight excluding hydrogens is 233 g/mol. The number of halogens is 3. The molecule has 1 aromatic rings. The van der Waals surface area contributed by atoms with Crippen LogP contribution in [-0.2, 0) is 6.18 Å². The highest BCUT2D eigenvalue weighted by Crippen LogP contribution is 2.36. The number of benzene rings is 1. The summed E-state index contributed by atoms with van der Waals surface area (Å²) in [5.41, 5.74) is -0.406. The van der Waals surface area contributed by atoms with Crippen LogP contribution in [0.15, 0.2) is 18.2 Å². The van der Waals surface area contributed by atoms with Gasteiger partial charge in [0.25, 0.3) is 0 Å². The Kier molecular flexibility index (Phi) is 4.41. The summed E-state index contributed by atoms with van der Waals surface area (Å²) < 4.78 is 42.3. The molecule has 0 spiro atoms. The minimum absolute atomic E-state index is 0.0786. The third-order valence-electron chi connectivity index (χ3n) is 1.98. The van der Waals surface area contributed by atoms with Crippen LogP contribution < -0.4 is 4.74 Å². The van der Waals surface area contributed by atoms with E-state index in [1.807, 2.05) is 0 Å². The smallest absolute Gasteiger partial charge is 0.419 e. The second-order valence-corrected chi connectivity index (χ2v) is 3.19. The minimum Gasteiger partial charge on any atom is -0.496 e. The van der Waals surface area contributed by atoms with E-state index in [1.165, 1.54) is 19.2 Å². The monoisotopic (exact) mass is 244 g/mol. The summed E-state index contributed by atoms with van der Waals surface area (Å²) in [5.74, 6) is 5.01. The van der Waals surface area contributed by atoms with E-state index in [9.17, 15) is 13.2 Å². The predicted molar refractivity (Wildman–Crippen MR) is 56.6 cm³/mol. The first-order valence-corrected chi connectivity index (χ1v) is 4.84. The Morgan fingerprint density at radius 3 is 2.59 bits per heavy atom. The Morgan fingerprint density at radius 1 is 1.35 bits per heavy atom. The Hall–Kier alpha value is -1.67. The molecule has 0 aliphatic rings. The van der Waals surface area contributed by atoms with Crippen LogP contribution in [0, 0.1) is 11.8 Å². The van der Waals surface area contributed by atoms with Crippen LogP contribution in [0.25, 0.3) is 0 Å². The number of hydrogen-bond donors (Lipinski definition) is 1. The molecule has 0 amide bonds. The average molecular weight is 244 g/mol. The van der Waals surface area contributed by atoms with E-state index in [0.29, 0.717) is 5.56 Å². The molecule has 17 heavy (non-hydrogen) atoms. The molecule has 0 unspecified atom stereocenters. The summed E-state index contributed by atoms with van der Waals surface area (Å²) in [6, 6.07) is 3.44. The SMILES string of the molecule is COc1cc(C#CCCO)ccc1C(F)(F)F. The number of hydrogen-bond acceptors (Lipinski definition) is 2. The highest BCUT2D eigenvalue weighted by atomic mass is 19.4. The van der Waals surface area contributed by atoms with Crippen molar-refractivity contribution < 1.29 is 23.0 Å². The fourth-order valence-corrected chi connectivity index (χ4v) is 1.22. The van der Waals surface area contributed by atoms with Gasteiger partial charge in [0.1, 0.15) is 5.75 Å². The largest absolute Gasteiger partial charge is 0.496 e. The van der Waals surface area contributed by atoms with Gasteiger partial charge >= 0.3 is 6.18 Å². The van der Waals surface area contributed by atoms with Crippen molar-refractivity contribution in [2.24, 2.45) is 0 Å². The molecule has 0 saturated carbocycles. The van der Waals surface area contributed by atoms with Crippen molar-refractivity contribution in [1.29, 1.82) is 0 Å². The topological polar surface area (TPSA) is 29.5 Å². The summed E-state index contributed by atoms with van der Waals surface area (Å²) in [6.45, 7) is -0.0786. The first-order chi connectivity index (χ1) is 7.99. The lowest BCUT2D eigenvalue weighted by molar-refractivity contribution is -0.138. The van der Waals surface area contributed by atoms with Crippen molar-refractivity contribution in [3.63, 3.8) is 0 Å². The lowest BCUT2D eigenvalue weighted by Crippen LogP contribution is -2.07. The maximum Gasteiger partial charge on any atom is 0.419 e. The van der Waals surface area contributed by atoms with E-state index in [1.54, 1.807) is 0 Å². The molecule has 0 saturated heterocycles. The van der Waals surface area contributed by atoms with Gasteiger partial charge in [-0.1, -0.05) is 11.8 Å². The normalized spacial score (nSPS) is 10.6. The first-order valence-electron chi connectivity index (χ1n) is 4.84. The number of aliphatic hydroxyl groups is 1. The fourth-order valence-electron chi connectivity index (χ4n) is 1.22. The molecule has 0 bridgehead atoms. The lowest BCUT2D eigenvalue weighted by Gasteiger charge is -2.11. The number of ether oxygens (including phenoxy) is 1. The van der Waals surface area contributed by atoms with Gasteiger partial charge in [-0.3, -0.25) is 0 Å². The Balaban J connectivity index is 3.06. The number of alkyl halides is 3. The van der Waals surface area contributed by atoms with Crippen LogP contribution >= 0.6 is 0 Å². The summed E-state index contributed by atoms with van der Waals surface area (Å²) in [5, 5.41) is 8.52. The number of rotatable bonds is 2. The van der Waals surface area contributed by atoms with Crippen LogP contribution in [0.1, 0.15) is 17.5 Å². The highest BCUT2D eigenvalue weighted by Gasteiger charge is 2.34. The molecule has 0 aliphatic heterocycles. The zero-order valence-electron chi connectivity index (χ0n) is 9.14. The van der Waals surface area contributed by atoms with Gasteiger partial charge < -0.3 is 9.84 Å². The molecule has 5 heteroatoms. The molecule has 1 rings (SSSR count). The van der Waals surface area contributed by atoms with Crippen molar-refractivity contribution in [3.8, 4) is 17.6 Å². The van der Waals surface area contributed by atoms with E-state index < -0.39 is 11.7 Å². The lowest BCUT2D eigenvalue weighted by atomic mass is 10.1. The molecule has 92 valence electrons. The van der Waals surface area contributed by atoms with Crippen molar-refractivity contribution >= 4 is 0 Å². The Morgan fingerprint density at radius 2 is 2.06 bits per heavy atom. The second kappa shape index (κ2) is 5.60. The number of aliphatic hydroxyl groups excluding tert-OH is 1. The standard InChI is InChI=1S/C12H11F3O2/c1-17-11-8-9(4-2-3-7-16)5-6-10(11)12(13,14)15/h5-6,8,16H,3,7H2,1H3. The van der Waals surface area contributed by atoms with Crippen LogP contribution in [0.2, 0.25) is 0 Å². The summed E-state index contributed by atoms with van der Waals surface area (Å²) in [4.78, 5) is 0. The molecule has 2 nitrogen and oxygen atoms in total. The van der Waals surface area contributed by atoms with Crippen molar-refractivity contribution in [2.75, 3.05) is 13.7 Å². The van der Waals surface area contributed by atoms with E-state index >= 15 is 0 Å². The van der Waals surface area contributed by atoms with Crippen LogP contribution in [0.5, 0.6) is 5.75 Å². The van der Waals surface area contributed by atoms with Gasteiger partial charge in [-0.25, -0.2) is 0 Å². The van der Waals surface area contributed by atoms with Crippen molar-refractivity contribution in [1.82, 2.24) is 0 Å². The summed E-state index contributed by atoms with van der Waals surface area (Å²) in [6.07, 6.45) is -4.16. The summed E-state index contributed by atoms with van der Waals surface area (Å²) >= 11 is 0. The van der Waals surface area contributed by atoms with Gasteiger partial charge in [-0.2, -0.15) is 13.2 Å². The Bertz CT molecular complexity index is 441. The number of methoxy groups -OCH3 is 1. The van der Waals surface area contributed by atoms with Crippen LogP contribution in [-0.4, -0.2) is 18.8 Å². The third-order valence-corrected chi connectivity index (χ3v) is 1.98. The fraction of sp³-hybridized carbons (Fsp3) is 0.333. The molecule has 1 aromatic carbocycles. The molecule has 0 fully saturated rings. The zero-order chi connectivity index (χ0) is 12.9. The third kappa shape index (κ3) is 3.68. The minimum atomic E-state index is -4.44. The maximum atomic E-state index is 12.5. The zero-order valence-corrected chi connectivity index (χ0v) is 9.14. The van der Waals surface area contributed by atoms with E-state index in [-0.39, 0.29) is 18.8 Å². The predicted octanol–water partition coefficient (Wildman–Crippen LogP) is 2.45. The molecule has 0 heterocycles. The Labute approximate surface area is 97.0 Å². The van der Waals surface area contributed by atoms with Crippen LogP contribution in [0.4, 0.5) is 13.2 Å². The molecular formula is C12H11F3O2. The van der Waals surface area contributed by atoms with E-state index in [0.717, 1.165) is 6.07 Å². The molecule has 0 aromatic heterocycles. The molecule has 0 atom stereocenters. The molecule has 0 radical (unpaired) electrons. The van der Waals surface area contributed by atoms with Gasteiger partial charge in [0.15, 0.2) is 0 Å². The summed E-state index contributed by atoms with van der Waals surface area (Å²) in [7, 11) is 1.18. The van der Waals surface area contributed by atoms with Gasteiger partial charge in [-0.15, -0.1) is 0 Å². The quantitative estimate of drug-likeness (QED) is 0.810. The van der Waals surface area contributed by atoms with Crippen LogP contribution in [0.3, 0.4) is 0 Å². The molecule has 1 N–H and O–H groups in total. The maximum absolute atomic E-state index is 12.5. The van der Waals surface area contributed by atoms with Gasteiger partial charge in [0.2, 0.25) is 0 Å². The average Bonchev–Trinajstić information content (AvgIpc) is 2.28. The van der Waals surface area contributed by atoms with Gasteiger partial charge in [-0.05, 0) is 18.2 Å². The van der Waals surface area contributed by atoms with E-state index in [4.69, 9.17) is 5.11 Å². The highest BCUT2D eigenvalue weighted by molar-refractivity contribution is 5.45. The van der Waals surface area contributed by atoms with Gasteiger partial charge in [0.05, 0.1) is 19.3 Å². The van der Waals surface area contributed by atoms with Crippen molar-refractivity contribution in [2.45, 2.75) is 12.6 Å². The first kappa shape index (κ1) is 13.4. The van der Waals surface area contributed by atoms with Crippen molar-refractivity contribution in [3.05, 3.63) is 29.3 Å².